The Kier molecular flexibility index (Phi) is 2.27. The number of aromatic amines is 1. The number of fused-ring (bicyclic) bond motifs is 1. The lowest BCUT2D eigenvalue weighted by molar-refractivity contribution is 0.0996. The maximum absolute atomic E-state index is 11.0. The molecule has 0 aliphatic heterocycles. The van der Waals surface area contributed by atoms with E-state index in [-0.39, 0.29) is 5.69 Å². The summed E-state index contributed by atoms with van der Waals surface area (Å²) in [5.74, 6) is -1.06. The van der Waals surface area contributed by atoms with Gasteiger partial charge in [0, 0.05) is 10.9 Å². The minimum atomic E-state index is -0.563. The quantitative estimate of drug-likeness (QED) is 0.726. The lowest BCUT2D eigenvalue weighted by Gasteiger charge is -1.94. The molecule has 3 N–H and O–H groups in total. The summed E-state index contributed by atoms with van der Waals surface area (Å²) < 4.78 is 4.96. The summed E-state index contributed by atoms with van der Waals surface area (Å²) in [6, 6.07) is 5.20. The summed E-state index contributed by atoms with van der Waals surface area (Å²) >= 11 is 1.30. The van der Waals surface area contributed by atoms with Gasteiger partial charge in [0.25, 0.3) is 5.91 Å². The second-order valence-electron chi connectivity index (χ2n) is 3.63. The van der Waals surface area contributed by atoms with E-state index in [4.69, 9.17) is 10.2 Å². The van der Waals surface area contributed by atoms with Crippen LogP contribution in [0.1, 0.15) is 10.5 Å². The molecule has 0 spiro atoms. The van der Waals surface area contributed by atoms with Gasteiger partial charge in [0.15, 0.2) is 5.58 Å². The average molecular weight is 261 g/mol. The minimum absolute atomic E-state index is 0.227. The highest BCUT2D eigenvalue weighted by Gasteiger charge is 2.10. The van der Waals surface area contributed by atoms with Crippen LogP contribution in [0.3, 0.4) is 0 Å². The predicted molar refractivity (Wildman–Crippen MR) is 66.5 cm³/mol. The van der Waals surface area contributed by atoms with Crippen molar-refractivity contribution in [3.05, 3.63) is 39.8 Å². The first-order valence-corrected chi connectivity index (χ1v) is 5.90. The number of benzene rings is 1. The van der Waals surface area contributed by atoms with Crippen LogP contribution in [0.25, 0.3) is 21.7 Å². The third kappa shape index (κ3) is 1.70. The Hall–Kier alpha value is -2.41. The van der Waals surface area contributed by atoms with Gasteiger partial charge >= 0.3 is 5.76 Å². The zero-order valence-electron chi connectivity index (χ0n) is 8.97. The highest BCUT2D eigenvalue weighted by molar-refractivity contribution is 7.13. The van der Waals surface area contributed by atoms with Crippen molar-refractivity contribution in [2.45, 2.75) is 0 Å². The molecule has 3 aromatic rings. The van der Waals surface area contributed by atoms with Crippen molar-refractivity contribution in [3.8, 4) is 10.6 Å². The number of thiazole rings is 1. The number of aromatic nitrogens is 2. The molecule has 2 heterocycles. The maximum atomic E-state index is 11.0. The summed E-state index contributed by atoms with van der Waals surface area (Å²) in [7, 11) is 0. The number of primary amides is 1. The molecule has 90 valence electrons. The van der Waals surface area contributed by atoms with Gasteiger partial charge in [-0.2, -0.15) is 0 Å². The second kappa shape index (κ2) is 3.81. The highest BCUT2D eigenvalue weighted by atomic mass is 32.1. The first kappa shape index (κ1) is 10.7. The number of nitrogens with zero attached hydrogens (tertiary/aromatic N) is 1. The molecule has 0 saturated carbocycles. The molecule has 0 radical (unpaired) electrons. The van der Waals surface area contributed by atoms with Crippen molar-refractivity contribution < 1.29 is 9.21 Å². The van der Waals surface area contributed by atoms with Crippen LogP contribution in [0.15, 0.2) is 32.8 Å². The van der Waals surface area contributed by atoms with Crippen molar-refractivity contribution in [2.75, 3.05) is 0 Å². The van der Waals surface area contributed by atoms with Gasteiger partial charge in [0.05, 0.1) is 5.52 Å². The van der Waals surface area contributed by atoms with Gasteiger partial charge in [0.1, 0.15) is 10.7 Å². The van der Waals surface area contributed by atoms with Gasteiger partial charge < -0.3 is 10.2 Å². The van der Waals surface area contributed by atoms with E-state index in [9.17, 15) is 9.59 Å². The van der Waals surface area contributed by atoms with Gasteiger partial charge in [-0.05, 0) is 18.2 Å². The average Bonchev–Trinajstić information content (AvgIpc) is 2.91. The Labute approximate surface area is 104 Å². The molecule has 2 aromatic heterocycles. The number of nitrogens with one attached hydrogen (secondary N) is 1. The highest BCUT2D eigenvalue weighted by Crippen LogP contribution is 2.26. The summed E-state index contributed by atoms with van der Waals surface area (Å²) in [5, 5.41) is 2.24. The van der Waals surface area contributed by atoms with Gasteiger partial charge in [-0.3, -0.25) is 9.78 Å². The molecule has 18 heavy (non-hydrogen) atoms. The van der Waals surface area contributed by atoms with E-state index >= 15 is 0 Å². The summed E-state index contributed by atoms with van der Waals surface area (Å²) in [5.41, 5.74) is 7.21. The third-order valence-electron chi connectivity index (χ3n) is 2.42. The predicted octanol–water partition coefficient (Wildman–Crippen LogP) is 1.34. The fourth-order valence-electron chi connectivity index (χ4n) is 1.60. The van der Waals surface area contributed by atoms with Gasteiger partial charge in [-0.25, -0.2) is 9.78 Å². The molecule has 1 amide bonds. The van der Waals surface area contributed by atoms with E-state index in [2.05, 4.69) is 9.97 Å². The van der Waals surface area contributed by atoms with Crippen LogP contribution in [0.5, 0.6) is 0 Å². The monoisotopic (exact) mass is 261 g/mol. The van der Waals surface area contributed by atoms with Gasteiger partial charge in [-0.15, -0.1) is 11.3 Å². The summed E-state index contributed by atoms with van der Waals surface area (Å²) in [6.45, 7) is 0. The number of nitrogens with two attached hydrogens (primary N) is 1. The van der Waals surface area contributed by atoms with Crippen molar-refractivity contribution in [3.63, 3.8) is 0 Å². The molecule has 0 unspecified atom stereocenters. The van der Waals surface area contributed by atoms with Crippen LogP contribution in [0, 0.1) is 0 Å². The smallest absolute Gasteiger partial charge is 0.408 e. The van der Waals surface area contributed by atoms with Crippen LogP contribution >= 0.6 is 11.3 Å². The van der Waals surface area contributed by atoms with E-state index in [0.29, 0.717) is 16.1 Å². The first-order valence-electron chi connectivity index (χ1n) is 5.02. The molecule has 1 aromatic carbocycles. The zero-order chi connectivity index (χ0) is 12.7. The molecule has 6 nitrogen and oxygen atoms in total. The molecule has 0 saturated heterocycles. The van der Waals surface area contributed by atoms with Crippen LogP contribution < -0.4 is 11.5 Å². The van der Waals surface area contributed by atoms with Crippen molar-refractivity contribution in [1.82, 2.24) is 9.97 Å². The normalized spacial score (nSPS) is 10.9. The lowest BCUT2D eigenvalue weighted by atomic mass is 10.2. The molecule has 0 aliphatic rings. The zero-order valence-corrected chi connectivity index (χ0v) is 9.78. The topological polar surface area (TPSA) is 102 Å². The number of rotatable bonds is 2. The number of carbonyl (C=O) groups is 1. The van der Waals surface area contributed by atoms with E-state index in [1.165, 1.54) is 11.3 Å². The lowest BCUT2D eigenvalue weighted by Crippen LogP contribution is -2.10. The third-order valence-corrected chi connectivity index (χ3v) is 3.32. The van der Waals surface area contributed by atoms with Gasteiger partial charge in [0.2, 0.25) is 0 Å². The molecular formula is C11H7N3O3S. The minimum Gasteiger partial charge on any atom is -0.408 e. The number of H-pyrrole nitrogens is 1. The molecular weight excluding hydrogens is 254 g/mol. The van der Waals surface area contributed by atoms with Crippen LogP contribution in [-0.2, 0) is 0 Å². The number of amides is 1. The molecule has 3 rings (SSSR count). The van der Waals surface area contributed by atoms with E-state index < -0.39 is 11.7 Å². The molecule has 0 aliphatic carbocycles. The Morgan fingerprint density at radius 3 is 3.00 bits per heavy atom. The molecule has 0 fully saturated rings. The Bertz CT molecular complexity index is 799. The number of hydrogen-bond donors (Lipinski definition) is 2. The number of oxazole rings is 1. The largest absolute Gasteiger partial charge is 0.417 e. The number of hydrogen-bond acceptors (Lipinski definition) is 5. The van der Waals surface area contributed by atoms with Crippen molar-refractivity contribution in [1.29, 1.82) is 0 Å². The second-order valence-corrected chi connectivity index (χ2v) is 4.49. The molecule has 7 heteroatoms. The molecule has 0 bridgehead atoms. The Morgan fingerprint density at radius 2 is 2.28 bits per heavy atom. The van der Waals surface area contributed by atoms with Crippen molar-refractivity contribution >= 4 is 28.3 Å². The summed E-state index contributed by atoms with van der Waals surface area (Å²) in [4.78, 5) is 28.7. The van der Waals surface area contributed by atoms with Crippen LogP contribution in [0.4, 0.5) is 0 Å². The van der Waals surface area contributed by atoms with E-state index in [1.807, 2.05) is 0 Å². The number of carbonyl (C=O) groups excluding carboxylic acids is 1. The standard InChI is InChI=1S/C11H7N3O3S/c12-9(15)7-4-18-10(13-7)5-1-2-6-8(3-5)17-11(16)14-6/h1-4H,(H2,12,15)(H,14,16). The fourth-order valence-corrected chi connectivity index (χ4v) is 2.40. The SMILES string of the molecule is NC(=O)c1csc(-c2ccc3[nH]c(=O)oc3c2)n1. The molecule has 0 atom stereocenters. The van der Waals surface area contributed by atoms with Crippen LogP contribution in [-0.4, -0.2) is 15.9 Å². The Morgan fingerprint density at radius 1 is 1.44 bits per heavy atom. The van der Waals surface area contributed by atoms with Gasteiger partial charge in [-0.1, -0.05) is 0 Å². The van der Waals surface area contributed by atoms with Crippen LogP contribution in [0.2, 0.25) is 0 Å². The fraction of sp³-hybridized carbons (Fsp3) is 0. The van der Waals surface area contributed by atoms with E-state index in [0.717, 1.165) is 5.56 Å². The first-order chi connectivity index (χ1) is 8.63. The summed E-state index contributed by atoms with van der Waals surface area (Å²) in [6.07, 6.45) is 0. The van der Waals surface area contributed by atoms with E-state index in [1.54, 1.807) is 23.6 Å². The van der Waals surface area contributed by atoms with Crippen molar-refractivity contribution in [2.24, 2.45) is 5.73 Å². The maximum Gasteiger partial charge on any atom is 0.417 e. The Balaban J connectivity index is 2.12.